The normalized spacial score (nSPS) is 18.0. The lowest BCUT2D eigenvalue weighted by Crippen LogP contribution is -2.47. The Kier molecular flexibility index (Phi) is 4.15. The summed E-state index contributed by atoms with van der Waals surface area (Å²) in [6, 6.07) is 5.65. The predicted octanol–water partition coefficient (Wildman–Crippen LogP) is 1.82. The molecule has 2 aliphatic rings. The lowest BCUT2D eigenvalue weighted by atomic mass is 10.2. The van der Waals surface area contributed by atoms with E-state index in [-0.39, 0.29) is 11.6 Å². The van der Waals surface area contributed by atoms with Crippen LogP contribution < -0.4 is 15.4 Å². The molecule has 1 aliphatic carbocycles. The number of anilines is 2. The molecule has 0 radical (unpaired) electrons. The van der Waals surface area contributed by atoms with Crippen molar-refractivity contribution < 1.29 is 0 Å². The average Bonchev–Trinajstić information content (AvgIpc) is 3.47. The molecule has 0 amide bonds. The van der Waals surface area contributed by atoms with E-state index in [9.17, 15) is 4.79 Å². The highest BCUT2D eigenvalue weighted by molar-refractivity contribution is 5.45. The van der Waals surface area contributed by atoms with Crippen LogP contribution in [0.1, 0.15) is 44.3 Å². The minimum absolute atomic E-state index is 0.0500. The highest BCUT2D eigenvalue weighted by Gasteiger charge is 2.26. The van der Waals surface area contributed by atoms with Crippen LogP contribution in [0, 0.1) is 0 Å². The zero-order valence-corrected chi connectivity index (χ0v) is 14.8. The maximum atomic E-state index is 11.9. The average molecular weight is 340 g/mol. The van der Waals surface area contributed by atoms with Crippen LogP contribution in [0.2, 0.25) is 0 Å². The van der Waals surface area contributed by atoms with Gasteiger partial charge in [0.25, 0.3) is 5.56 Å². The van der Waals surface area contributed by atoms with Crippen molar-refractivity contribution in [1.29, 1.82) is 0 Å². The Bertz CT molecular complexity index is 805. The fourth-order valence-corrected chi connectivity index (χ4v) is 3.26. The second-order valence-electron chi connectivity index (χ2n) is 7.12. The molecule has 1 aliphatic heterocycles. The maximum absolute atomic E-state index is 11.9. The Morgan fingerprint density at radius 2 is 1.68 bits per heavy atom. The quantitative estimate of drug-likeness (QED) is 0.846. The van der Waals surface area contributed by atoms with Gasteiger partial charge in [-0.15, -0.1) is 0 Å². The van der Waals surface area contributed by atoms with Crippen LogP contribution in [-0.4, -0.2) is 45.9 Å². The molecule has 1 saturated carbocycles. The Hall–Kier alpha value is -2.44. The molecular formula is C18H24N6O. The van der Waals surface area contributed by atoms with Crippen molar-refractivity contribution in [2.24, 2.45) is 0 Å². The number of nitrogens with zero attached hydrogens (tertiary/aromatic N) is 6. The van der Waals surface area contributed by atoms with E-state index in [1.165, 1.54) is 18.5 Å². The summed E-state index contributed by atoms with van der Waals surface area (Å²) in [5.41, 5.74) is 1.13. The van der Waals surface area contributed by atoms with Gasteiger partial charge >= 0.3 is 0 Å². The number of hydrogen-bond donors (Lipinski definition) is 0. The molecule has 0 spiro atoms. The molecule has 0 N–H and O–H groups in total. The van der Waals surface area contributed by atoms with Crippen LogP contribution in [0.4, 0.5) is 11.6 Å². The van der Waals surface area contributed by atoms with Crippen LogP contribution in [0.3, 0.4) is 0 Å². The van der Waals surface area contributed by atoms with E-state index < -0.39 is 0 Å². The smallest absolute Gasteiger partial charge is 0.267 e. The Morgan fingerprint density at radius 3 is 2.32 bits per heavy atom. The van der Waals surface area contributed by atoms with Crippen molar-refractivity contribution in [3.8, 4) is 0 Å². The van der Waals surface area contributed by atoms with E-state index >= 15 is 0 Å². The second kappa shape index (κ2) is 6.46. The van der Waals surface area contributed by atoms with Gasteiger partial charge in [-0.3, -0.25) is 4.79 Å². The summed E-state index contributed by atoms with van der Waals surface area (Å²) in [5, 5.41) is 4.52. The van der Waals surface area contributed by atoms with Gasteiger partial charge in [0.05, 0.1) is 6.04 Å². The first-order valence-electron chi connectivity index (χ1n) is 9.03. The monoisotopic (exact) mass is 340 g/mol. The van der Waals surface area contributed by atoms with Gasteiger partial charge in [0, 0.05) is 49.9 Å². The van der Waals surface area contributed by atoms with Crippen LogP contribution >= 0.6 is 0 Å². The summed E-state index contributed by atoms with van der Waals surface area (Å²) < 4.78 is 1.55. The molecule has 2 fully saturated rings. The summed E-state index contributed by atoms with van der Waals surface area (Å²) in [6.45, 7) is 7.47. The van der Waals surface area contributed by atoms with Gasteiger partial charge in [-0.25, -0.2) is 14.6 Å². The van der Waals surface area contributed by atoms with Gasteiger partial charge in [0.2, 0.25) is 0 Å². The van der Waals surface area contributed by atoms with Crippen molar-refractivity contribution in [1.82, 2.24) is 19.7 Å². The minimum Gasteiger partial charge on any atom is -0.353 e. The molecule has 0 bridgehead atoms. The molecule has 0 atom stereocenters. The van der Waals surface area contributed by atoms with Crippen LogP contribution in [0.15, 0.2) is 29.3 Å². The Balaban J connectivity index is 1.45. The fourth-order valence-electron chi connectivity index (χ4n) is 3.26. The summed E-state index contributed by atoms with van der Waals surface area (Å²) in [6.07, 6.45) is 4.19. The maximum Gasteiger partial charge on any atom is 0.267 e. The van der Waals surface area contributed by atoms with Crippen molar-refractivity contribution >= 4 is 11.6 Å². The number of rotatable bonds is 4. The van der Waals surface area contributed by atoms with E-state index in [1.807, 2.05) is 19.9 Å². The van der Waals surface area contributed by atoms with Crippen molar-refractivity contribution in [3.63, 3.8) is 0 Å². The number of aromatic nitrogens is 4. The van der Waals surface area contributed by atoms with Crippen LogP contribution in [0.5, 0.6) is 0 Å². The van der Waals surface area contributed by atoms with E-state index in [0.29, 0.717) is 5.92 Å². The molecule has 25 heavy (non-hydrogen) atoms. The Labute approximate surface area is 147 Å². The summed E-state index contributed by atoms with van der Waals surface area (Å²) >= 11 is 0. The van der Waals surface area contributed by atoms with Crippen LogP contribution in [-0.2, 0) is 0 Å². The predicted molar refractivity (Wildman–Crippen MR) is 97.3 cm³/mol. The van der Waals surface area contributed by atoms with Gasteiger partial charge in [0.15, 0.2) is 0 Å². The van der Waals surface area contributed by atoms with Gasteiger partial charge in [0.1, 0.15) is 18.0 Å². The summed E-state index contributed by atoms with van der Waals surface area (Å²) in [5.74, 6) is 2.54. The topological polar surface area (TPSA) is 67.2 Å². The van der Waals surface area contributed by atoms with Crippen molar-refractivity contribution in [2.75, 3.05) is 36.0 Å². The van der Waals surface area contributed by atoms with E-state index in [0.717, 1.165) is 37.8 Å². The van der Waals surface area contributed by atoms with E-state index in [1.54, 1.807) is 17.1 Å². The van der Waals surface area contributed by atoms with Crippen molar-refractivity contribution in [3.05, 3.63) is 40.6 Å². The molecule has 3 heterocycles. The highest BCUT2D eigenvalue weighted by atomic mass is 16.1. The first-order chi connectivity index (χ1) is 12.1. The second-order valence-corrected chi connectivity index (χ2v) is 7.12. The molecule has 132 valence electrons. The standard InChI is InChI=1S/C18H24N6O/c1-13(2)24-18(25)6-5-16(21-24)22-7-9-23(10-8-22)17-11-15(14-3-4-14)19-12-20-17/h5-6,11-14H,3-4,7-10H2,1-2H3. The molecule has 7 heteroatoms. The zero-order chi connectivity index (χ0) is 17.4. The van der Waals surface area contributed by atoms with Crippen molar-refractivity contribution in [2.45, 2.75) is 38.6 Å². The first kappa shape index (κ1) is 16.1. The third kappa shape index (κ3) is 3.36. The minimum atomic E-state index is -0.0500. The third-order valence-corrected chi connectivity index (χ3v) is 4.90. The molecule has 1 saturated heterocycles. The lowest BCUT2D eigenvalue weighted by Gasteiger charge is -2.36. The molecule has 7 nitrogen and oxygen atoms in total. The molecule has 2 aromatic rings. The number of hydrogen-bond acceptors (Lipinski definition) is 6. The third-order valence-electron chi connectivity index (χ3n) is 4.90. The molecule has 0 aromatic carbocycles. The molecule has 0 unspecified atom stereocenters. The van der Waals surface area contributed by atoms with Gasteiger partial charge in [-0.1, -0.05) is 0 Å². The zero-order valence-electron chi connectivity index (χ0n) is 14.8. The molecule has 2 aromatic heterocycles. The van der Waals surface area contributed by atoms with Gasteiger partial charge in [-0.2, -0.15) is 5.10 Å². The fraction of sp³-hybridized carbons (Fsp3) is 0.556. The summed E-state index contributed by atoms with van der Waals surface area (Å²) in [4.78, 5) is 25.3. The number of piperazine rings is 1. The first-order valence-corrected chi connectivity index (χ1v) is 9.03. The Morgan fingerprint density at radius 1 is 1.00 bits per heavy atom. The molecular weight excluding hydrogens is 316 g/mol. The lowest BCUT2D eigenvalue weighted by molar-refractivity contribution is 0.497. The van der Waals surface area contributed by atoms with Gasteiger partial charge in [-0.05, 0) is 32.8 Å². The molecule has 4 rings (SSSR count). The van der Waals surface area contributed by atoms with E-state index in [2.05, 4.69) is 30.9 Å². The van der Waals surface area contributed by atoms with E-state index in [4.69, 9.17) is 0 Å². The highest BCUT2D eigenvalue weighted by Crippen LogP contribution is 2.39. The SMILES string of the molecule is CC(C)n1nc(N2CCN(c3cc(C4CC4)ncn3)CC2)ccc1=O. The summed E-state index contributed by atoms with van der Waals surface area (Å²) in [7, 11) is 0. The van der Waals surface area contributed by atoms with Crippen LogP contribution in [0.25, 0.3) is 0 Å². The van der Waals surface area contributed by atoms with Gasteiger partial charge < -0.3 is 9.80 Å². The largest absolute Gasteiger partial charge is 0.353 e.